The van der Waals surface area contributed by atoms with Gasteiger partial charge >= 0.3 is 23.9 Å². The first-order chi connectivity index (χ1) is 38.6. The van der Waals surface area contributed by atoms with Crippen LogP contribution in [0.5, 0.6) is 0 Å². The van der Waals surface area contributed by atoms with Gasteiger partial charge in [0.1, 0.15) is 18.8 Å². The van der Waals surface area contributed by atoms with E-state index in [1.807, 2.05) is 0 Å². The van der Waals surface area contributed by atoms with Crippen LogP contribution in [-0.2, 0) is 42.9 Å². The Kier molecular flexibility index (Phi) is 52.3. The minimum absolute atomic E-state index is 0.0678. The highest BCUT2D eigenvalue weighted by Gasteiger charge is 2.50. The topological polar surface area (TPSA) is 175 Å². The molecule has 0 amide bonds. The molecule has 0 aromatic rings. The monoisotopic (exact) mass is 1120 g/mol. The van der Waals surface area contributed by atoms with E-state index in [9.17, 15) is 34.5 Å². The largest absolute Gasteiger partial charge is 0.479 e. The molecule has 6 atom stereocenters. The highest BCUT2D eigenvalue weighted by atomic mass is 16.7. The van der Waals surface area contributed by atoms with Crippen molar-refractivity contribution in [1.82, 2.24) is 0 Å². The summed E-state index contributed by atoms with van der Waals surface area (Å²) in [5.41, 5.74) is 0. The van der Waals surface area contributed by atoms with Crippen molar-refractivity contribution < 1.29 is 58.2 Å². The summed E-state index contributed by atoms with van der Waals surface area (Å²) in [4.78, 5) is 51.3. The molecule has 0 spiro atoms. The number of carbonyl (C=O) groups excluding carboxylic acids is 3. The molecule has 1 aliphatic heterocycles. The normalized spacial score (nSPS) is 17.9. The molecule has 462 valence electrons. The molecule has 0 saturated carbocycles. The predicted molar refractivity (Wildman–Crippen MR) is 322 cm³/mol. The van der Waals surface area contributed by atoms with Crippen LogP contribution in [0.4, 0.5) is 0 Å². The van der Waals surface area contributed by atoms with Gasteiger partial charge in [0.25, 0.3) is 0 Å². The molecule has 1 rings (SSSR count). The number of hydrogen-bond donors (Lipinski definition) is 3. The van der Waals surface area contributed by atoms with Crippen LogP contribution in [0.1, 0.15) is 329 Å². The van der Waals surface area contributed by atoms with Gasteiger partial charge in [0.2, 0.25) is 0 Å². The fourth-order valence-electron chi connectivity index (χ4n) is 10.4. The number of carboxylic acids is 1. The summed E-state index contributed by atoms with van der Waals surface area (Å²) in [5.74, 6) is -3.08. The zero-order valence-electron chi connectivity index (χ0n) is 51.1. The summed E-state index contributed by atoms with van der Waals surface area (Å²) in [7, 11) is 0. The molecular formula is C67H122O12. The van der Waals surface area contributed by atoms with Gasteiger partial charge in [0.05, 0.1) is 6.61 Å². The summed E-state index contributed by atoms with van der Waals surface area (Å²) < 4.78 is 28.6. The van der Waals surface area contributed by atoms with Crippen LogP contribution in [-0.4, -0.2) is 89.2 Å². The van der Waals surface area contributed by atoms with Gasteiger partial charge in [-0.1, -0.05) is 283 Å². The first kappa shape index (κ1) is 74.2. The Hall–Kier alpha value is -2.80. The fraction of sp³-hybridized carbons (Fsp3) is 0.881. The van der Waals surface area contributed by atoms with E-state index in [1.54, 1.807) is 0 Å². The van der Waals surface area contributed by atoms with Crippen LogP contribution in [0.15, 0.2) is 24.3 Å². The Morgan fingerprint density at radius 3 is 1.16 bits per heavy atom. The Bertz CT molecular complexity index is 1470. The number of hydrogen-bond acceptors (Lipinski definition) is 11. The second kappa shape index (κ2) is 55.7. The van der Waals surface area contributed by atoms with Crippen molar-refractivity contribution in [3.8, 4) is 0 Å². The Labute approximate surface area is 483 Å². The molecule has 6 unspecified atom stereocenters. The summed E-state index contributed by atoms with van der Waals surface area (Å²) in [6.45, 7) is 6.03. The molecule has 1 heterocycles. The van der Waals surface area contributed by atoms with Gasteiger partial charge in [0, 0.05) is 19.3 Å². The molecule has 0 radical (unpaired) electrons. The first-order valence-electron chi connectivity index (χ1n) is 33.3. The number of aliphatic hydroxyl groups is 2. The molecule has 0 aromatic carbocycles. The van der Waals surface area contributed by atoms with E-state index in [1.165, 1.54) is 199 Å². The van der Waals surface area contributed by atoms with Gasteiger partial charge in [-0.25, -0.2) is 4.79 Å². The van der Waals surface area contributed by atoms with Crippen molar-refractivity contribution in [2.75, 3.05) is 13.2 Å². The maximum Gasteiger partial charge on any atom is 0.335 e. The molecule has 0 bridgehead atoms. The molecule has 1 aliphatic rings. The Balaban J connectivity index is 2.63. The van der Waals surface area contributed by atoms with Crippen LogP contribution >= 0.6 is 0 Å². The first-order valence-corrected chi connectivity index (χ1v) is 33.3. The molecule has 3 N–H and O–H groups in total. The van der Waals surface area contributed by atoms with Gasteiger partial charge in [-0.15, -0.1) is 0 Å². The van der Waals surface area contributed by atoms with Crippen LogP contribution in [0, 0.1) is 0 Å². The van der Waals surface area contributed by atoms with E-state index >= 15 is 0 Å². The summed E-state index contributed by atoms with van der Waals surface area (Å²) in [5, 5.41) is 31.6. The van der Waals surface area contributed by atoms with Crippen molar-refractivity contribution in [3.05, 3.63) is 24.3 Å². The van der Waals surface area contributed by atoms with Gasteiger partial charge in [-0.2, -0.15) is 0 Å². The van der Waals surface area contributed by atoms with Crippen LogP contribution in [0.25, 0.3) is 0 Å². The lowest BCUT2D eigenvalue weighted by Crippen LogP contribution is -2.61. The van der Waals surface area contributed by atoms with E-state index in [0.29, 0.717) is 19.3 Å². The van der Waals surface area contributed by atoms with Crippen molar-refractivity contribution in [1.29, 1.82) is 0 Å². The number of unbranched alkanes of at least 4 members (excludes halogenated alkanes) is 40. The Morgan fingerprint density at radius 1 is 0.418 bits per heavy atom. The lowest BCUT2D eigenvalue weighted by Gasteiger charge is -2.40. The number of aliphatic carboxylic acids is 1. The number of carbonyl (C=O) groups is 4. The molecule has 0 aliphatic carbocycles. The van der Waals surface area contributed by atoms with Gasteiger partial charge in [0.15, 0.2) is 24.6 Å². The van der Waals surface area contributed by atoms with Crippen molar-refractivity contribution >= 4 is 23.9 Å². The van der Waals surface area contributed by atoms with E-state index in [-0.39, 0.29) is 25.9 Å². The van der Waals surface area contributed by atoms with Gasteiger partial charge in [-0.05, 0) is 51.4 Å². The quantitative estimate of drug-likeness (QED) is 0.0228. The predicted octanol–water partition coefficient (Wildman–Crippen LogP) is 17.8. The van der Waals surface area contributed by atoms with Gasteiger partial charge in [-0.3, -0.25) is 14.4 Å². The van der Waals surface area contributed by atoms with Crippen molar-refractivity contribution in [2.45, 2.75) is 366 Å². The number of allylic oxidation sites excluding steroid dienone is 4. The maximum absolute atomic E-state index is 13.2. The number of aliphatic hydroxyl groups excluding tert-OH is 2. The van der Waals surface area contributed by atoms with E-state index in [0.717, 1.165) is 70.6 Å². The molecular weight excluding hydrogens is 997 g/mol. The van der Waals surface area contributed by atoms with Crippen LogP contribution in [0.3, 0.4) is 0 Å². The molecule has 1 fully saturated rings. The minimum atomic E-state index is -1.90. The highest BCUT2D eigenvalue weighted by molar-refractivity contribution is 5.74. The van der Waals surface area contributed by atoms with Crippen molar-refractivity contribution in [3.63, 3.8) is 0 Å². The van der Waals surface area contributed by atoms with E-state index in [2.05, 4.69) is 45.1 Å². The van der Waals surface area contributed by atoms with E-state index < -0.39 is 67.3 Å². The average molecular weight is 1120 g/mol. The minimum Gasteiger partial charge on any atom is -0.479 e. The summed E-state index contributed by atoms with van der Waals surface area (Å²) >= 11 is 0. The number of carboxylic acid groups (broad SMARTS) is 1. The Morgan fingerprint density at radius 2 is 0.759 bits per heavy atom. The third-order valence-corrected chi connectivity index (χ3v) is 15.5. The highest BCUT2D eigenvalue weighted by Crippen LogP contribution is 2.27. The lowest BCUT2D eigenvalue weighted by atomic mass is 9.98. The standard InChI is InChI=1S/C67H122O12/c1-4-7-10-13-16-19-22-25-28-29-30-31-34-35-38-41-44-47-50-53-59(68)75-56-58(77-60(69)54-51-48-45-42-39-36-32-26-23-20-17-14-11-8-5-2)57-76-67-65(63(72)62(71)64(79-67)66(73)74)78-61(70)55-52-49-46-43-40-37-33-27-24-21-18-15-12-9-6-3/h16,19,25,28,58,62-65,67,71-72H,4-15,17-18,20-24,26-27,29-57H2,1-3H3,(H,73,74)/b19-16-,28-25-. The zero-order chi connectivity index (χ0) is 57.5. The summed E-state index contributed by atoms with van der Waals surface area (Å²) in [6.07, 6.45) is 52.7. The average Bonchev–Trinajstić information content (AvgIpc) is 3.46. The number of esters is 3. The zero-order valence-corrected chi connectivity index (χ0v) is 51.1. The fourth-order valence-corrected chi connectivity index (χ4v) is 10.4. The number of ether oxygens (including phenoxy) is 5. The maximum atomic E-state index is 13.2. The molecule has 79 heavy (non-hydrogen) atoms. The summed E-state index contributed by atoms with van der Waals surface area (Å²) in [6, 6.07) is 0. The lowest BCUT2D eigenvalue weighted by molar-refractivity contribution is -0.301. The third kappa shape index (κ3) is 45.4. The molecule has 0 aromatic heterocycles. The van der Waals surface area contributed by atoms with Crippen molar-refractivity contribution in [2.24, 2.45) is 0 Å². The molecule has 12 nitrogen and oxygen atoms in total. The van der Waals surface area contributed by atoms with Gasteiger partial charge < -0.3 is 39.0 Å². The van der Waals surface area contributed by atoms with Crippen LogP contribution in [0.2, 0.25) is 0 Å². The van der Waals surface area contributed by atoms with E-state index in [4.69, 9.17) is 23.7 Å². The second-order valence-corrected chi connectivity index (χ2v) is 23.1. The third-order valence-electron chi connectivity index (χ3n) is 15.5. The SMILES string of the molecule is CCCCC/C=C\C/C=C\CCCCCCCCCCCC(=O)OCC(COC1OC(C(=O)O)C(O)C(O)C1OC(=O)CCCCCCCCCCCCCCCCC)OC(=O)CCCCCCCCCCCCCCCCC. The smallest absolute Gasteiger partial charge is 0.335 e. The second-order valence-electron chi connectivity index (χ2n) is 23.1. The molecule has 12 heteroatoms. The molecule has 1 saturated heterocycles. The van der Waals surface area contributed by atoms with Crippen LogP contribution < -0.4 is 0 Å². The number of rotatable bonds is 58.